The second-order valence-electron chi connectivity index (χ2n) is 6.49. The van der Waals surface area contributed by atoms with Crippen molar-refractivity contribution in [3.8, 4) is 5.75 Å². The van der Waals surface area contributed by atoms with E-state index in [2.05, 4.69) is 60.7 Å². The van der Waals surface area contributed by atoms with Crippen molar-refractivity contribution in [2.24, 2.45) is 0 Å². The highest BCUT2D eigenvalue weighted by Gasteiger charge is 2.21. The first kappa shape index (κ1) is 15.0. The van der Waals surface area contributed by atoms with Crippen LogP contribution in [0.5, 0.6) is 5.75 Å². The smallest absolute Gasteiger partial charge is 0.119 e. The van der Waals surface area contributed by atoms with E-state index in [9.17, 15) is 0 Å². The molecule has 1 aliphatic carbocycles. The molecule has 0 aliphatic heterocycles. The van der Waals surface area contributed by atoms with Crippen LogP contribution in [0.15, 0.2) is 78.9 Å². The zero-order chi connectivity index (χ0) is 16.2. The van der Waals surface area contributed by atoms with Gasteiger partial charge in [-0.15, -0.1) is 0 Å². The number of hydrogen-bond acceptors (Lipinski definition) is 1. The molecule has 1 atom stereocenters. The summed E-state index contributed by atoms with van der Waals surface area (Å²) >= 11 is 0. The first-order chi connectivity index (χ1) is 11.9. The summed E-state index contributed by atoms with van der Waals surface area (Å²) in [6.45, 7) is 0.618. The van der Waals surface area contributed by atoms with Gasteiger partial charge in [0.1, 0.15) is 12.4 Å². The Labute approximate surface area is 143 Å². The molecule has 3 aromatic rings. The quantitative estimate of drug-likeness (QED) is 0.597. The Kier molecular flexibility index (Phi) is 4.33. The molecular formula is C23H22O. The minimum Gasteiger partial charge on any atom is -0.489 e. The fourth-order valence-corrected chi connectivity index (χ4v) is 3.64. The van der Waals surface area contributed by atoms with Crippen molar-refractivity contribution in [3.05, 3.63) is 101 Å². The van der Waals surface area contributed by atoms with Gasteiger partial charge in [0.05, 0.1) is 0 Å². The van der Waals surface area contributed by atoms with Crippen molar-refractivity contribution < 1.29 is 4.74 Å². The average molecular weight is 314 g/mol. The highest BCUT2D eigenvalue weighted by atomic mass is 16.5. The largest absolute Gasteiger partial charge is 0.489 e. The first-order valence-electron chi connectivity index (χ1n) is 8.74. The summed E-state index contributed by atoms with van der Waals surface area (Å²) < 4.78 is 5.90. The van der Waals surface area contributed by atoms with Crippen molar-refractivity contribution in [3.63, 3.8) is 0 Å². The molecule has 0 radical (unpaired) electrons. The fraction of sp³-hybridized carbons (Fsp3) is 0.217. The zero-order valence-corrected chi connectivity index (χ0v) is 13.8. The lowest BCUT2D eigenvalue weighted by Gasteiger charge is -2.26. The van der Waals surface area contributed by atoms with Crippen molar-refractivity contribution >= 4 is 0 Å². The van der Waals surface area contributed by atoms with Crippen LogP contribution in [0.1, 0.15) is 41.0 Å². The topological polar surface area (TPSA) is 9.23 Å². The van der Waals surface area contributed by atoms with Gasteiger partial charge in [-0.05, 0) is 53.6 Å². The lowest BCUT2D eigenvalue weighted by molar-refractivity contribution is 0.306. The summed E-state index contributed by atoms with van der Waals surface area (Å²) in [7, 11) is 0. The molecule has 120 valence electrons. The number of hydrogen-bond donors (Lipinski definition) is 0. The normalized spacial score (nSPS) is 16.4. The lowest BCUT2D eigenvalue weighted by Crippen LogP contribution is -2.10. The van der Waals surface area contributed by atoms with E-state index < -0.39 is 0 Å². The van der Waals surface area contributed by atoms with E-state index in [0.29, 0.717) is 12.5 Å². The minimum absolute atomic E-state index is 0.526. The molecule has 0 N–H and O–H groups in total. The Morgan fingerprint density at radius 1 is 0.792 bits per heavy atom. The summed E-state index contributed by atoms with van der Waals surface area (Å²) in [6.07, 6.45) is 3.72. The van der Waals surface area contributed by atoms with Gasteiger partial charge in [0.15, 0.2) is 0 Å². The number of ether oxygens (including phenoxy) is 1. The molecule has 0 spiro atoms. The van der Waals surface area contributed by atoms with Gasteiger partial charge in [-0.1, -0.05) is 66.7 Å². The van der Waals surface area contributed by atoms with Crippen LogP contribution in [0.2, 0.25) is 0 Å². The van der Waals surface area contributed by atoms with Crippen LogP contribution in [0, 0.1) is 0 Å². The Balaban J connectivity index is 1.48. The minimum atomic E-state index is 0.526. The fourth-order valence-electron chi connectivity index (χ4n) is 3.64. The van der Waals surface area contributed by atoms with E-state index in [0.717, 1.165) is 5.75 Å². The Bertz CT molecular complexity index is 790. The van der Waals surface area contributed by atoms with E-state index in [1.807, 2.05) is 18.2 Å². The molecular weight excluding hydrogens is 292 g/mol. The van der Waals surface area contributed by atoms with Crippen molar-refractivity contribution in [2.45, 2.75) is 31.8 Å². The molecule has 0 amide bonds. The molecule has 0 fully saturated rings. The second kappa shape index (κ2) is 6.92. The molecule has 1 nitrogen and oxygen atoms in total. The molecule has 0 bridgehead atoms. The van der Waals surface area contributed by atoms with Gasteiger partial charge in [0.25, 0.3) is 0 Å². The zero-order valence-electron chi connectivity index (χ0n) is 13.8. The van der Waals surface area contributed by atoms with Gasteiger partial charge in [0, 0.05) is 5.92 Å². The molecule has 0 saturated heterocycles. The van der Waals surface area contributed by atoms with E-state index in [-0.39, 0.29) is 0 Å². The average Bonchev–Trinajstić information content (AvgIpc) is 2.67. The number of aryl methyl sites for hydroxylation is 1. The molecule has 0 saturated carbocycles. The molecule has 3 aromatic carbocycles. The second-order valence-corrected chi connectivity index (χ2v) is 6.49. The van der Waals surface area contributed by atoms with Crippen LogP contribution < -0.4 is 4.74 Å². The van der Waals surface area contributed by atoms with E-state index in [1.54, 1.807) is 0 Å². The molecule has 0 aromatic heterocycles. The van der Waals surface area contributed by atoms with Crippen LogP contribution in [0.25, 0.3) is 0 Å². The maximum atomic E-state index is 5.90. The van der Waals surface area contributed by atoms with Crippen LogP contribution in [0.4, 0.5) is 0 Å². The van der Waals surface area contributed by atoms with Crippen LogP contribution in [-0.4, -0.2) is 0 Å². The third-order valence-corrected chi connectivity index (χ3v) is 4.90. The van der Waals surface area contributed by atoms with E-state index >= 15 is 0 Å². The van der Waals surface area contributed by atoms with Crippen LogP contribution in [-0.2, 0) is 13.0 Å². The highest BCUT2D eigenvalue weighted by molar-refractivity contribution is 5.41. The maximum absolute atomic E-state index is 5.90. The number of benzene rings is 3. The standard InChI is InChI=1S/C23H22O/c1-2-7-18(8-3-1)17-24-21-15-13-20(14-16-21)23-12-6-10-19-9-4-5-11-22(19)23/h1-5,7-9,11,13-16,23H,6,10,12,17H2. The summed E-state index contributed by atoms with van der Waals surface area (Å²) in [5.74, 6) is 1.46. The molecule has 1 aliphatic rings. The Hall–Kier alpha value is -2.54. The molecule has 24 heavy (non-hydrogen) atoms. The lowest BCUT2D eigenvalue weighted by atomic mass is 9.79. The van der Waals surface area contributed by atoms with Gasteiger partial charge < -0.3 is 4.74 Å². The van der Waals surface area contributed by atoms with Crippen molar-refractivity contribution in [2.75, 3.05) is 0 Å². The van der Waals surface area contributed by atoms with Crippen LogP contribution >= 0.6 is 0 Å². The predicted octanol–water partition coefficient (Wildman–Crippen LogP) is 5.73. The number of fused-ring (bicyclic) bond motifs is 1. The Morgan fingerprint density at radius 3 is 2.38 bits per heavy atom. The third-order valence-electron chi connectivity index (χ3n) is 4.90. The van der Waals surface area contributed by atoms with Crippen LogP contribution in [0.3, 0.4) is 0 Å². The summed E-state index contributed by atoms with van der Waals surface area (Å²) in [4.78, 5) is 0. The van der Waals surface area contributed by atoms with Gasteiger partial charge >= 0.3 is 0 Å². The van der Waals surface area contributed by atoms with Gasteiger partial charge in [-0.2, -0.15) is 0 Å². The van der Waals surface area contributed by atoms with Gasteiger partial charge in [0.2, 0.25) is 0 Å². The Morgan fingerprint density at radius 2 is 1.54 bits per heavy atom. The monoisotopic (exact) mass is 314 g/mol. The highest BCUT2D eigenvalue weighted by Crippen LogP contribution is 2.37. The molecule has 4 rings (SSSR count). The summed E-state index contributed by atoms with van der Waals surface area (Å²) in [5.41, 5.74) is 5.61. The maximum Gasteiger partial charge on any atom is 0.119 e. The molecule has 1 heteroatoms. The van der Waals surface area contributed by atoms with E-state index in [1.165, 1.54) is 41.5 Å². The third kappa shape index (κ3) is 3.21. The SMILES string of the molecule is c1ccc(COc2ccc(C3CCCc4ccccc43)cc2)cc1. The summed E-state index contributed by atoms with van der Waals surface area (Å²) in [5, 5.41) is 0. The summed E-state index contributed by atoms with van der Waals surface area (Å²) in [6, 6.07) is 27.9. The van der Waals surface area contributed by atoms with Crippen molar-refractivity contribution in [1.82, 2.24) is 0 Å². The molecule has 1 unspecified atom stereocenters. The number of rotatable bonds is 4. The first-order valence-corrected chi connectivity index (χ1v) is 8.74. The van der Waals surface area contributed by atoms with E-state index in [4.69, 9.17) is 4.74 Å². The predicted molar refractivity (Wildman–Crippen MR) is 98.4 cm³/mol. The molecule has 0 heterocycles. The van der Waals surface area contributed by atoms with Gasteiger partial charge in [-0.25, -0.2) is 0 Å². The van der Waals surface area contributed by atoms with Crippen molar-refractivity contribution in [1.29, 1.82) is 0 Å². The van der Waals surface area contributed by atoms with Gasteiger partial charge in [-0.3, -0.25) is 0 Å².